The Morgan fingerprint density at radius 2 is 2.00 bits per heavy atom. The molecule has 0 spiro atoms. The van der Waals surface area contributed by atoms with E-state index in [-0.39, 0.29) is 0 Å². The summed E-state index contributed by atoms with van der Waals surface area (Å²) in [5, 5.41) is 3.73. The third-order valence-corrected chi connectivity index (χ3v) is 4.78. The second kappa shape index (κ2) is 6.01. The summed E-state index contributed by atoms with van der Waals surface area (Å²) in [5.41, 5.74) is 0. The summed E-state index contributed by atoms with van der Waals surface area (Å²) in [6.07, 6.45) is 10.1. The van der Waals surface area contributed by atoms with Crippen LogP contribution in [-0.2, 0) is 0 Å². The first-order valence-corrected chi connectivity index (χ1v) is 7.32. The number of rotatable bonds is 6. The highest BCUT2D eigenvalue weighted by Gasteiger charge is 2.40. The van der Waals surface area contributed by atoms with Crippen LogP contribution < -0.4 is 5.32 Å². The van der Waals surface area contributed by atoms with Crippen molar-refractivity contribution in [1.29, 1.82) is 0 Å². The molecular weight excluding hydrogens is 208 g/mol. The summed E-state index contributed by atoms with van der Waals surface area (Å²) in [4.78, 5) is 2.63. The van der Waals surface area contributed by atoms with Gasteiger partial charge in [-0.1, -0.05) is 13.0 Å². The van der Waals surface area contributed by atoms with Crippen molar-refractivity contribution in [3.63, 3.8) is 0 Å². The molecule has 0 saturated carbocycles. The summed E-state index contributed by atoms with van der Waals surface area (Å²) < 4.78 is 0. The normalized spacial score (nSPS) is 34.8. The molecule has 2 aliphatic heterocycles. The van der Waals surface area contributed by atoms with Crippen LogP contribution in [0.2, 0.25) is 0 Å². The molecule has 0 amide bonds. The Labute approximate surface area is 106 Å². The molecule has 0 radical (unpaired) electrons. The first kappa shape index (κ1) is 13.1. The van der Waals surface area contributed by atoms with Crippen molar-refractivity contribution >= 4 is 0 Å². The number of hydrogen-bond acceptors (Lipinski definition) is 2. The molecule has 0 aromatic heterocycles. The number of fused-ring (bicyclic) bond motifs is 2. The largest absolute Gasteiger partial charge is 0.313 e. The number of piperidine rings is 1. The average Bonchev–Trinajstić information content (AvgIpc) is 2.56. The molecular formula is C15H28N2. The Morgan fingerprint density at radius 3 is 2.53 bits per heavy atom. The lowest BCUT2D eigenvalue weighted by Gasteiger charge is -2.40. The Morgan fingerprint density at radius 1 is 1.35 bits per heavy atom. The van der Waals surface area contributed by atoms with Crippen LogP contribution in [-0.4, -0.2) is 36.6 Å². The Bertz CT molecular complexity index is 237. The molecule has 2 rings (SSSR count). The maximum Gasteiger partial charge on any atom is 0.0131 e. The standard InChI is InChI=1S/C15H28N2/c1-4-6-15(16-9-5-2)12-10-13-7-8-14(11-12)17(13)3/h4,12-16H,1,5-11H2,2-3H3. The Hall–Kier alpha value is -0.340. The van der Waals surface area contributed by atoms with Crippen LogP contribution in [0.4, 0.5) is 0 Å². The van der Waals surface area contributed by atoms with Gasteiger partial charge in [-0.25, -0.2) is 0 Å². The average molecular weight is 236 g/mol. The van der Waals surface area contributed by atoms with E-state index in [2.05, 4.69) is 36.8 Å². The van der Waals surface area contributed by atoms with Gasteiger partial charge in [0.2, 0.25) is 0 Å². The zero-order valence-corrected chi connectivity index (χ0v) is 11.5. The summed E-state index contributed by atoms with van der Waals surface area (Å²) in [5.74, 6) is 0.869. The molecule has 98 valence electrons. The number of nitrogens with one attached hydrogen (secondary N) is 1. The molecule has 3 unspecified atom stereocenters. The Balaban J connectivity index is 1.93. The van der Waals surface area contributed by atoms with Gasteiger partial charge in [0.25, 0.3) is 0 Å². The molecule has 3 atom stereocenters. The molecule has 0 aliphatic carbocycles. The van der Waals surface area contributed by atoms with Gasteiger partial charge < -0.3 is 10.2 Å². The highest BCUT2D eigenvalue weighted by molar-refractivity contribution is 4.97. The predicted molar refractivity (Wildman–Crippen MR) is 74.2 cm³/mol. The van der Waals surface area contributed by atoms with Gasteiger partial charge in [0.1, 0.15) is 0 Å². The summed E-state index contributed by atoms with van der Waals surface area (Å²) >= 11 is 0. The van der Waals surface area contributed by atoms with E-state index < -0.39 is 0 Å². The van der Waals surface area contributed by atoms with E-state index in [0.29, 0.717) is 6.04 Å². The first-order valence-electron chi connectivity index (χ1n) is 7.32. The molecule has 17 heavy (non-hydrogen) atoms. The van der Waals surface area contributed by atoms with Crippen LogP contribution >= 0.6 is 0 Å². The van der Waals surface area contributed by atoms with E-state index in [4.69, 9.17) is 0 Å². The summed E-state index contributed by atoms with van der Waals surface area (Å²) in [6.45, 7) is 7.32. The van der Waals surface area contributed by atoms with Crippen molar-refractivity contribution in [2.24, 2.45) is 5.92 Å². The lowest BCUT2D eigenvalue weighted by molar-refractivity contribution is 0.113. The fourth-order valence-corrected chi connectivity index (χ4v) is 3.73. The van der Waals surface area contributed by atoms with Crippen LogP contribution in [0.1, 0.15) is 45.4 Å². The van der Waals surface area contributed by atoms with Gasteiger partial charge >= 0.3 is 0 Å². The molecule has 2 saturated heterocycles. The predicted octanol–water partition coefficient (Wildman–Crippen LogP) is 2.80. The van der Waals surface area contributed by atoms with Gasteiger partial charge in [-0.2, -0.15) is 0 Å². The lowest BCUT2D eigenvalue weighted by Crippen LogP contribution is -2.47. The van der Waals surface area contributed by atoms with Crippen LogP contribution in [0.3, 0.4) is 0 Å². The van der Waals surface area contributed by atoms with Gasteiger partial charge in [0.05, 0.1) is 0 Å². The van der Waals surface area contributed by atoms with E-state index in [1.165, 1.54) is 32.1 Å². The van der Waals surface area contributed by atoms with Crippen molar-refractivity contribution in [2.75, 3.05) is 13.6 Å². The van der Waals surface area contributed by atoms with Gasteiger partial charge in [0.15, 0.2) is 0 Å². The van der Waals surface area contributed by atoms with Crippen molar-refractivity contribution in [3.8, 4) is 0 Å². The van der Waals surface area contributed by atoms with Crippen molar-refractivity contribution < 1.29 is 0 Å². The quantitative estimate of drug-likeness (QED) is 0.713. The third kappa shape index (κ3) is 2.92. The second-order valence-electron chi connectivity index (χ2n) is 5.87. The molecule has 2 bridgehead atoms. The van der Waals surface area contributed by atoms with E-state index in [0.717, 1.165) is 31.0 Å². The molecule has 2 nitrogen and oxygen atoms in total. The van der Waals surface area contributed by atoms with Gasteiger partial charge in [-0.3, -0.25) is 0 Å². The zero-order valence-electron chi connectivity index (χ0n) is 11.5. The monoisotopic (exact) mass is 236 g/mol. The third-order valence-electron chi connectivity index (χ3n) is 4.78. The van der Waals surface area contributed by atoms with Crippen molar-refractivity contribution in [3.05, 3.63) is 12.7 Å². The molecule has 0 aromatic rings. The SMILES string of the molecule is C=CCC(NCCC)C1CC2CCC(C1)N2C. The molecule has 1 N–H and O–H groups in total. The minimum Gasteiger partial charge on any atom is -0.313 e. The summed E-state index contributed by atoms with van der Waals surface area (Å²) in [6, 6.07) is 2.38. The van der Waals surface area contributed by atoms with E-state index in [9.17, 15) is 0 Å². The number of hydrogen-bond donors (Lipinski definition) is 1. The topological polar surface area (TPSA) is 15.3 Å². The molecule has 0 aromatic carbocycles. The van der Waals surface area contributed by atoms with E-state index in [1.807, 2.05) is 0 Å². The van der Waals surface area contributed by atoms with Gasteiger partial charge in [0, 0.05) is 18.1 Å². The fraction of sp³-hybridized carbons (Fsp3) is 0.867. The molecule has 2 fully saturated rings. The van der Waals surface area contributed by atoms with Crippen molar-refractivity contribution in [1.82, 2.24) is 10.2 Å². The molecule has 2 heteroatoms. The minimum atomic E-state index is 0.671. The molecule has 2 aliphatic rings. The van der Waals surface area contributed by atoms with E-state index in [1.54, 1.807) is 0 Å². The van der Waals surface area contributed by atoms with E-state index >= 15 is 0 Å². The van der Waals surface area contributed by atoms with Crippen molar-refractivity contribution in [2.45, 2.75) is 63.6 Å². The Kier molecular flexibility index (Phi) is 4.63. The maximum absolute atomic E-state index is 3.92. The maximum atomic E-state index is 3.92. The summed E-state index contributed by atoms with van der Waals surface area (Å²) in [7, 11) is 2.32. The highest BCUT2D eigenvalue weighted by Crippen LogP contribution is 2.39. The second-order valence-corrected chi connectivity index (χ2v) is 5.87. The lowest BCUT2D eigenvalue weighted by atomic mass is 9.83. The van der Waals surface area contributed by atoms with Gasteiger partial charge in [-0.05, 0) is 58.0 Å². The van der Waals surface area contributed by atoms with Crippen LogP contribution in [0.15, 0.2) is 12.7 Å². The van der Waals surface area contributed by atoms with Crippen LogP contribution in [0.25, 0.3) is 0 Å². The smallest absolute Gasteiger partial charge is 0.0131 e. The first-order chi connectivity index (χ1) is 8.26. The fourth-order valence-electron chi connectivity index (χ4n) is 3.73. The molecule has 2 heterocycles. The highest BCUT2D eigenvalue weighted by atomic mass is 15.2. The zero-order chi connectivity index (χ0) is 12.3. The minimum absolute atomic E-state index is 0.671. The van der Waals surface area contributed by atoms with Crippen LogP contribution in [0.5, 0.6) is 0 Å². The van der Waals surface area contributed by atoms with Crippen LogP contribution in [0, 0.1) is 5.92 Å². The number of nitrogens with zero attached hydrogens (tertiary/aromatic N) is 1. The van der Waals surface area contributed by atoms with Gasteiger partial charge in [-0.15, -0.1) is 6.58 Å².